The summed E-state index contributed by atoms with van der Waals surface area (Å²) in [5, 5.41) is 5.99. The molecule has 0 saturated heterocycles. The number of aromatic nitrogens is 2. The number of ether oxygens (including phenoxy) is 2. The van der Waals surface area contributed by atoms with Gasteiger partial charge >= 0.3 is 0 Å². The van der Waals surface area contributed by atoms with Crippen LogP contribution >= 0.6 is 0 Å². The lowest BCUT2D eigenvalue weighted by Crippen LogP contribution is -2.29. The zero-order valence-electron chi connectivity index (χ0n) is 13.9. The molecular formula is C17H20N4O3. The van der Waals surface area contributed by atoms with Crippen molar-refractivity contribution in [2.75, 3.05) is 12.1 Å². The molecule has 1 aromatic carbocycles. The molecule has 0 saturated carbocycles. The molecule has 0 unspecified atom stereocenters. The molecule has 0 atom stereocenters. The molecule has 1 aliphatic heterocycles. The fraction of sp³-hybridized carbons (Fsp3) is 0.353. The molecule has 0 spiro atoms. The third-order valence-electron chi connectivity index (χ3n) is 3.27. The Morgan fingerprint density at radius 2 is 2.00 bits per heavy atom. The summed E-state index contributed by atoms with van der Waals surface area (Å²) in [6, 6.07) is 7.16. The Hall–Kier alpha value is -2.83. The monoisotopic (exact) mass is 328 g/mol. The molecule has 126 valence electrons. The van der Waals surface area contributed by atoms with Gasteiger partial charge in [-0.2, -0.15) is 0 Å². The molecule has 3 rings (SSSR count). The molecule has 2 N–H and O–H groups in total. The molecule has 2 aromatic rings. The maximum absolute atomic E-state index is 12.3. The number of hydrogen-bond acceptors (Lipinski definition) is 6. The number of anilines is 1. The van der Waals surface area contributed by atoms with Crippen molar-refractivity contribution in [3.05, 3.63) is 41.7 Å². The fourth-order valence-corrected chi connectivity index (χ4v) is 2.20. The summed E-state index contributed by atoms with van der Waals surface area (Å²) in [6.07, 6.45) is 1.57. The number of fused-ring (bicyclic) bond motifs is 1. The van der Waals surface area contributed by atoms with Crippen LogP contribution in [0.3, 0.4) is 0 Å². The molecular weight excluding hydrogens is 308 g/mol. The van der Waals surface area contributed by atoms with Crippen LogP contribution in [0.1, 0.15) is 36.8 Å². The first-order valence-electron chi connectivity index (χ1n) is 7.69. The van der Waals surface area contributed by atoms with Crippen LogP contribution in [0.5, 0.6) is 11.5 Å². The molecule has 1 aliphatic rings. The number of carbonyl (C=O) groups is 1. The molecule has 2 heterocycles. The van der Waals surface area contributed by atoms with Crippen molar-refractivity contribution in [1.29, 1.82) is 0 Å². The Balaban J connectivity index is 1.64. The summed E-state index contributed by atoms with van der Waals surface area (Å²) in [5.74, 6) is 1.59. The van der Waals surface area contributed by atoms with Crippen molar-refractivity contribution in [2.24, 2.45) is 0 Å². The van der Waals surface area contributed by atoms with Crippen molar-refractivity contribution in [1.82, 2.24) is 15.3 Å². The van der Waals surface area contributed by atoms with Crippen LogP contribution in [-0.2, 0) is 6.54 Å². The van der Waals surface area contributed by atoms with Gasteiger partial charge in [0.25, 0.3) is 5.91 Å². The first-order valence-corrected chi connectivity index (χ1v) is 7.69. The highest BCUT2D eigenvalue weighted by molar-refractivity contribution is 5.92. The fourth-order valence-electron chi connectivity index (χ4n) is 2.20. The number of nitrogens with one attached hydrogen (secondary N) is 2. The van der Waals surface area contributed by atoms with Crippen molar-refractivity contribution in [2.45, 2.75) is 32.9 Å². The Labute approximate surface area is 140 Å². The highest BCUT2D eigenvalue weighted by Crippen LogP contribution is 2.32. The molecule has 0 fully saturated rings. The molecule has 0 aliphatic carbocycles. The van der Waals surface area contributed by atoms with E-state index >= 15 is 0 Å². The second-order valence-electron chi connectivity index (χ2n) is 6.51. The number of rotatable bonds is 4. The van der Waals surface area contributed by atoms with E-state index in [-0.39, 0.29) is 18.2 Å². The van der Waals surface area contributed by atoms with Crippen LogP contribution < -0.4 is 20.1 Å². The molecule has 7 heteroatoms. The van der Waals surface area contributed by atoms with E-state index in [1.807, 2.05) is 39.0 Å². The molecule has 1 aromatic heterocycles. The van der Waals surface area contributed by atoms with E-state index in [9.17, 15) is 4.79 Å². The summed E-state index contributed by atoms with van der Waals surface area (Å²) in [4.78, 5) is 20.7. The van der Waals surface area contributed by atoms with Gasteiger partial charge in [0, 0.05) is 18.3 Å². The third kappa shape index (κ3) is 3.92. The Bertz CT molecular complexity index is 756. The van der Waals surface area contributed by atoms with Gasteiger partial charge < -0.3 is 20.1 Å². The van der Waals surface area contributed by atoms with E-state index in [1.54, 1.807) is 12.3 Å². The first kappa shape index (κ1) is 16.0. The zero-order valence-corrected chi connectivity index (χ0v) is 13.9. The topological polar surface area (TPSA) is 85.4 Å². The summed E-state index contributed by atoms with van der Waals surface area (Å²) in [5.41, 5.74) is 1.06. The number of carbonyl (C=O) groups excluding carboxylic acids is 1. The van der Waals surface area contributed by atoms with Gasteiger partial charge in [0.15, 0.2) is 11.5 Å². The van der Waals surface area contributed by atoms with E-state index < -0.39 is 0 Å². The van der Waals surface area contributed by atoms with Crippen molar-refractivity contribution in [3.8, 4) is 11.5 Å². The second-order valence-corrected chi connectivity index (χ2v) is 6.51. The average Bonchev–Trinajstić information content (AvgIpc) is 2.98. The third-order valence-corrected chi connectivity index (χ3v) is 3.27. The van der Waals surface area contributed by atoms with E-state index in [1.165, 1.54) is 0 Å². The average molecular weight is 328 g/mol. The quantitative estimate of drug-likeness (QED) is 0.896. The van der Waals surface area contributed by atoms with Crippen LogP contribution in [0.4, 0.5) is 5.95 Å². The standard InChI is InChI=1S/C17H20N4O3/c1-17(2,3)21-16-18-7-6-12(20-16)15(22)19-9-11-4-5-13-14(8-11)24-10-23-13/h4-8H,9-10H2,1-3H3,(H,19,22)(H,18,20,21). The van der Waals surface area contributed by atoms with E-state index in [0.29, 0.717) is 23.9 Å². The highest BCUT2D eigenvalue weighted by Gasteiger charge is 2.15. The van der Waals surface area contributed by atoms with Crippen molar-refractivity contribution in [3.63, 3.8) is 0 Å². The second kappa shape index (κ2) is 6.35. The van der Waals surface area contributed by atoms with Crippen LogP contribution in [0.15, 0.2) is 30.5 Å². The number of nitrogens with zero attached hydrogens (tertiary/aromatic N) is 2. The van der Waals surface area contributed by atoms with Crippen LogP contribution in [-0.4, -0.2) is 28.2 Å². The molecule has 1 amide bonds. The first-order chi connectivity index (χ1) is 11.4. The summed E-state index contributed by atoms with van der Waals surface area (Å²) in [6.45, 7) is 6.62. The van der Waals surface area contributed by atoms with Gasteiger partial charge in [-0.3, -0.25) is 4.79 Å². The van der Waals surface area contributed by atoms with Gasteiger partial charge in [0.2, 0.25) is 12.7 Å². The van der Waals surface area contributed by atoms with Gasteiger partial charge in [-0.1, -0.05) is 6.07 Å². The van der Waals surface area contributed by atoms with E-state index in [2.05, 4.69) is 20.6 Å². The van der Waals surface area contributed by atoms with Gasteiger partial charge in [0.05, 0.1) is 0 Å². The summed E-state index contributed by atoms with van der Waals surface area (Å²) >= 11 is 0. The molecule has 0 radical (unpaired) electrons. The van der Waals surface area contributed by atoms with Crippen molar-refractivity contribution < 1.29 is 14.3 Å². The summed E-state index contributed by atoms with van der Waals surface area (Å²) in [7, 11) is 0. The predicted molar refractivity (Wildman–Crippen MR) is 89.1 cm³/mol. The van der Waals surface area contributed by atoms with Gasteiger partial charge in [-0.05, 0) is 44.5 Å². The SMILES string of the molecule is CC(C)(C)Nc1nccc(C(=O)NCc2ccc3c(c2)OCO3)n1. The number of hydrogen-bond donors (Lipinski definition) is 2. The summed E-state index contributed by atoms with van der Waals surface area (Å²) < 4.78 is 10.6. The molecule has 0 bridgehead atoms. The maximum Gasteiger partial charge on any atom is 0.270 e. The molecule has 7 nitrogen and oxygen atoms in total. The highest BCUT2D eigenvalue weighted by atomic mass is 16.7. The van der Waals surface area contributed by atoms with Gasteiger partial charge in [-0.15, -0.1) is 0 Å². The minimum absolute atomic E-state index is 0.179. The van der Waals surface area contributed by atoms with Crippen LogP contribution in [0.2, 0.25) is 0 Å². The number of benzene rings is 1. The predicted octanol–water partition coefficient (Wildman–Crippen LogP) is 2.35. The van der Waals surface area contributed by atoms with Crippen LogP contribution in [0.25, 0.3) is 0 Å². The number of amides is 1. The Morgan fingerprint density at radius 1 is 1.21 bits per heavy atom. The largest absolute Gasteiger partial charge is 0.454 e. The van der Waals surface area contributed by atoms with Crippen LogP contribution in [0, 0.1) is 0 Å². The minimum Gasteiger partial charge on any atom is -0.454 e. The maximum atomic E-state index is 12.3. The van der Waals surface area contributed by atoms with E-state index in [0.717, 1.165) is 11.3 Å². The van der Waals surface area contributed by atoms with Crippen molar-refractivity contribution >= 4 is 11.9 Å². The lowest BCUT2D eigenvalue weighted by atomic mass is 10.1. The Morgan fingerprint density at radius 3 is 2.79 bits per heavy atom. The Kier molecular flexibility index (Phi) is 4.24. The zero-order chi connectivity index (χ0) is 17.2. The normalized spacial score (nSPS) is 12.8. The lowest BCUT2D eigenvalue weighted by molar-refractivity contribution is 0.0945. The van der Waals surface area contributed by atoms with Gasteiger partial charge in [0.1, 0.15) is 5.69 Å². The van der Waals surface area contributed by atoms with Gasteiger partial charge in [-0.25, -0.2) is 9.97 Å². The molecule has 24 heavy (non-hydrogen) atoms. The van der Waals surface area contributed by atoms with E-state index in [4.69, 9.17) is 9.47 Å². The lowest BCUT2D eigenvalue weighted by Gasteiger charge is -2.20. The minimum atomic E-state index is -0.257. The smallest absolute Gasteiger partial charge is 0.270 e.